The lowest BCUT2D eigenvalue weighted by molar-refractivity contribution is 0.140. The highest BCUT2D eigenvalue weighted by Crippen LogP contribution is 2.17. The Hall–Kier alpha value is -0.970. The maximum atomic E-state index is 12.8. The summed E-state index contributed by atoms with van der Waals surface area (Å²) < 4.78 is 36.8. The summed E-state index contributed by atoms with van der Waals surface area (Å²) >= 11 is 5.26. The Kier molecular flexibility index (Phi) is 2.98. The average molecular weight is 212 g/mol. The number of aromatic amines is 1. The number of hydrogen-bond acceptors (Lipinski definition) is 1. The average Bonchev–Trinajstić information content (AvgIpc) is 2.09. The van der Waals surface area contributed by atoms with Crippen molar-refractivity contribution in [2.24, 2.45) is 0 Å². The molecule has 0 saturated carbocycles. The quantitative estimate of drug-likeness (QED) is 0.748. The van der Waals surface area contributed by atoms with Gasteiger partial charge in [-0.2, -0.15) is 0 Å². The molecule has 0 saturated heterocycles. The third kappa shape index (κ3) is 1.85. The van der Waals surface area contributed by atoms with Crippen LogP contribution in [0.1, 0.15) is 17.7 Å². The van der Waals surface area contributed by atoms with Gasteiger partial charge in [0.25, 0.3) is 6.43 Å². The van der Waals surface area contributed by atoms with Gasteiger partial charge in [0.15, 0.2) is 5.82 Å². The van der Waals surface area contributed by atoms with Crippen molar-refractivity contribution in [1.82, 2.24) is 4.98 Å². The highest BCUT2D eigenvalue weighted by molar-refractivity contribution is 6.17. The summed E-state index contributed by atoms with van der Waals surface area (Å²) in [6.07, 6.45) is -2.04. The number of H-pyrrole nitrogens is 1. The van der Waals surface area contributed by atoms with Gasteiger partial charge in [0.05, 0.1) is 5.88 Å². The zero-order valence-corrected chi connectivity index (χ0v) is 7.04. The number of rotatable bonds is 2. The molecule has 0 bridgehead atoms. The molecule has 0 aliphatic carbocycles. The minimum Gasteiger partial charge on any atom is -0.357 e. The maximum absolute atomic E-state index is 12.8. The number of pyridine rings is 1. The molecule has 72 valence electrons. The van der Waals surface area contributed by atoms with Gasteiger partial charge in [-0.25, -0.2) is 13.2 Å². The molecule has 13 heavy (non-hydrogen) atoms. The Labute approximate surface area is 76.3 Å². The van der Waals surface area contributed by atoms with E-state index < -0.39 is 23.4 Å². The Bertz CT molecular complexity index is 363. The van der Waals surface area contributed by atoms with Gasteiger partial charge in [-0.1, -0.05) is 0 Å². The maximum Gasteiger partial charge on any atom is 0.281 e. The van der Waals surface area contributed by atoms with Gasteiger partial charge in [-0.15, -0.1) is 11.6 Å². The fourth-order valence-electron chi connectivity index (χ4n) is 0.815. The zero-order valence-electron chi connectivity index (χ0n) is 6.28. The van der Waals surface area contributed by atoms with Crippen LogP contribution in [0.25, 0.3) is 0 Å². The second-order valence-electron chi connectivity index (χ2n) is 2.31. The lowest BCUT2D eigenvalue weighted by atomic mass is 10.2. The monoisotopic (exact) mass is 211 g/mol. The second-order valence-corrected chi connectivity index (χ2v) is 2.57. The summed E-state index contributed by atoms with van der Waals surface area (Å²) in [6, 6.07) is 0. The van der Waals surface area contributed by atoms with Crippen molar-refractivity contribution in [1.29, 1.82) is 0 Å². The molecular weight excluding hydrogens is 207 g/mol. The topological polar surface area (TPSA) is 32.9 Å². The lowest BCUT2D eigenvalue weighted by Gasteiger charge is -2.02. The Morgan fingerprint density at radius 2 is 2.15 bits per heavy atom. The number of aromatic nitrogens is 1. The number of halogens is 4. The van der Waals surface area contributed by atoms with Gasteiger partial charge < -0.3 is 4.98 Å². The van der Waals surface area contributed by atoms with Crippen LogP contribution in [0, 0.1) is 5.82 Å². The van der Waals surface area contributed by atoms with Crippen molar-refractivity contribution < 1.29 is 13.2 Å². The summed E-state index contributed by atoms with van der Waals surface area (Å²) in [5.74, 6) is -1.68. The first-order chi connectivity index (χ1) is 6.07. The van der Waals surface area contributed by atoms with E-state index in [2.05, 4.69) is 0 Å². The summed E-state index contributed by atoms with van der Waals surface area (Å²) in [5.41, 5.74) is -2.15. The summed E-state index contributed by atoms with van der Waals surface area (Å²) in [7, 11) is 0. The fourth-order valence-corrected chi connectivity index (χ4v) is 1.01. The molecule has 0 unspecified atom stereocenters. The molecule has 0 aliphatic rings. The van der Waals surface area contributed by atoms with E-state index >= 15 is 0 Å². The van der Waals surface area contributed by atoms with Crippen molar-refractivity contribution >= 4 is 11.6 Å². The number of nitrogens with one attached hydrogen (secondary N) is 1. The summed E-state index contributed by atoms with van der Waals surface area (Å²) in [5, 5.41) is 0. The SMILES string of the molecule is O=c1c(CCl)c[nH]c(C(F)F)c1F. The van der Waals surface area contributed by atoms with E-state index in [1.807, 2.05) is 4.98 Å². The molecule has 0 spiro atoms. The van der Waals surface area contributed by atoms with Crippen molar-refractivity contribution in [3.8, 4) is 0 Å². The van der Waals surface area contributed by atoms with Crippen LogP contribution in [0.5, 0.6) is 0 Å². The van der Waals surface area contributed by atoms with Gasteiger partial charge in [0.1, 0.15) is 5.69 Å². The van der Waals surface area contributed by atoms with E-state index in [0.29, 0.717) is 0 Å². The fraction of sp³-hybridized carbons (Fsp3) is 0.286. The highest BCUT2D eigenvalue weighted by Gasteiger charge is 2.17. The Morgan fingerprint density at radius 3 is 2.62 bits per heavy atom. The molecule has 0 radical (unpaired) electrons. The first kappa shape index (κ1) is 10.1. The van der Waals surface area contributed by atoms with E-state index in [1.165, 1.54) is 0 Å². The minimum atomic E-state index is -3.03. The number of alkyl halides is 3. The first-order valence-electron chi connectivity index (χ1n) is 3.32. The van der Waals surface area contributed by atoms with Crippen LogP contribution < -0.4 is 5.43 Å². The summed E-state index contributed by atoms with van der Waals surface area (Å²) in [4.78, 5) is 12.9. The van der Waals surface area contributed by atoms with Gasteiger partial charge in [0, 0.05) is 11.8 Å². The van der Waals surface area contributed by atoms with Gasteiger partial charge in [0.2, 0.25) is 5.43 Å². The second kappa shape index (κ2) is 3.83. The Morgan fingerprint density at radius 1 is 1.54 bits per heavy atom. The third-order valence-corrected chi connectivity index (χ3v) is 1.78. The highest BCUT2D eigenvalue weighted by atomic mass is 35.5. The predicted octanol–water partition coefficient (Wildman–Crippen LogP) is 2.19. The molecule has 1 aromatic heterocycles. The Balaban J connectivity index is 3.32. The van der Waals surface area contributed by atoms with Crippen molar-refractivity contribution in [3.63, 3.8) is 0 Å². The molecule has 6 heteroatoms. The van der Waals surface area contributed by atoms with E-state index in [-0.39, 0.29) is 11.4 Å². The van der Waals surface area contributed by atoms with Crippen LogP contribution >= 0.6 is 11.6 Å². The molecule has 0 aliphatic heterocycles. The van der Waals surface area contributed by atoms with Crippen molar-refractivity contribution in [3.05, 3.63) is 33.5 Å². The summed E-state index contributed by atoms with van der Waals surface area (Å²) in [6.45, 7) is 0. The number of hydrogen-bond donors (Lipinski definition) is 1. The predicted molar refractivity (Wildman–Crippen MR) is 41.5 cm³/mol. The molecule has 0 amide bonds. The first-order valence-corrected chi connectivity index (χ1v) is 3.85. The van der Waals surface area contributed by atoms with Crippen LogP contribution in [-0.4, -0.2) is 4.98 Å². The van der Waals surface area contributed by atoms with Crippen LogP contribution in [0.15, 0.2) is 11.0 Å². The zero-order chi connectivity index (χ0) is 10.0. The largest absolute Gasteiger partial charge is 0.357 e. The van der Waals surface area contributed by atoms with E-state index in [4.69, 9.17) is 11.6 Å². The van der Waals surface area contributed by atoms with E-state index in [1.54, 1.807) is 0 Å². The molecule has 1 aromatic rings. The molecular formula is C7H5ClF3NO. The minimum absolute atomic E-state index is 0.0661. The van der Waals surface area contributed by atoms with Gasteiger partial charge in [-0.3, -0.25) is 4.79 Å². The van der Waals surface area contributed by atoms with Crippen LogP contribution in [-0.2, 0) is 5.88 Å². The standard InChI is InChI=1S/C7H5ClF3NO/c8-1-3-2-12-5(7(10)11)4(9)6(3)13/h2,7H,1H2,(H,12,13). The third-order valence-electron chi connectivity index (χ3n) is 1.49. The lowest BCUT2D eigenvalue weighted by Crippen LogP contribution is -2.16. The molecule has 1 heterocycles. The van der Waals surface area contributed by atoms with Crippen LogP contribution in [0.2, 0.25) is 0 Å². The van der Waals surface area contributed by atoms with Crippen molar-refractivity contribution in [2.45, 2.75) is 12.3 Å². The smallest absolute Gasteiger partial charge is 0.281 e. The molecule has 0 atom stereocenters. The molecule has 2 nitrogen and oxygen atoms in total. The molecule has 1 N–H and O–H groups in total. The van der Waals surface area contributed by atoms with Gasteiger partial charge in [-0.05, 0) is 0 Å². The normalized spacial score (nSPS) is 10.8. The van der Waals surface area contributed by atoms with E-state index in [0.717, 1.165) is 6.20 Å². The molecule has 0 fully saturated rings. The molecule has 1 rings (SSSR count). The van der Waals surface area contributed by atoms with Gasteiger partial charge >= 0.3 is 0 Å². The van der Waals surface area contributed by atoms with E-state index in [9.17, 15) is 18.0 Å². The van der Waals surface area contributed by atoms with Crippen LogP contribution in [0.4, 0.5) is 13.2 Å². The van der Waals surface area contributed by atoms with Crippen molar-refractivity contribution in [2.75, 3.05) is 0 Å². The molecule has 0 aromatic carbocycles. The van der Waals surface area contributed by atoms with Crippen LogP contribution in [0.3, 0.4) is 0 Å².